The van der Waals surface area contributed by atoms with Crippen molar-refractivity contribution in [2.24, 2.45) is 11.1 Å². The molecule has 0 aromatic rings. The zero-order valence-electron chi connectivity index (χ0n) is 11.6. The zero-order chi connectivity index (χ0) is 13.3. The average molecular weight is 254 g/mol. The average Bonchev–Trinajstić information content (AvgIpc) is 2.28. The first-order chi connectivity index (χ1) is 8.40. The summed E-state index contributed by atoms with van der Waals surface area (Å²) in [6, 6.07) is 0.221. The monoisotopic (exact) mass is 254 g/mol. The van der Waals surface area contributed by atoms with E-state index in [0.717, 1.165) is 25.0 Å². The van der Waals surface area contributed by atoms with Crippen LogP contribution in [-0.4, -0.2) is 42.0 Å². The molecule has 0 radical (unpaired) electrons. The molecule has 0 aromatic carbocycles. The van der Waals surface area contributed by atoms with Crippen molar-refractivity contribution in [1.82, 2.24) is 4.90 Å². The minimum absolute atomic E-state index is 0.200. The Balaban J connectivity index is 2.03. The predicted octanol–water partition coefficient (Wildman–Crippen LogP) is 2.41. The Hall–Kier alpha value is -1.26. The van der Waals surface area contributed by atoms with Crippen molar-refractivity contribution in [2.75, 3.05) is 13.7 Å². The van der Waals surface area contributed by atoms with Crippen molar-refractivity contribution in [3.05, 3.63) is 0 Å². The van der Waals surface area contributed by atoms with Crippen molar-refractivity contribution in [1.29, 1.82) is 0 Å². The fourth-order valence-electron chi connectivity index (χ4n) is 2.69. The largest absolute Gasteiger partial charge is 0.444 e. The standard InChI is InChI=1S/C13H22N2O3/c1-13(2,3)18-12(16)15-8-9-5-6-10(15)7-11(9)14-17-4/h9-10H,5-8H2,1-4H3/b14-11+/t9-,10-/m1/s1. The number of carbonyl (C=O) groups is 1. The van der Waals surface area contributed by atoms with Crippen LogP contribution in [0, 0.1) is 5.92 Å². The van der Waals surface area contributed by atoms with Gasteiger partial charge in [-0.3, -0.25) is 0 Å². The van der Waals surface area contributed by atoms with Crippen molar-refractivity contribution in [3.8, 4) is 0 Å². The van der Waals surface area contributed by atoms with Crippen LogP contribution in [0.3, 0.4) is 0 Å². The molecule has 3 fully saturated rings. The van der Waals surface area contributed by atoms with Gasteiger partial charge in [0.2, 0.25) is 0 Å². The molecule has 0 N–H and O–H groups in total. The van der Waals surface area contributed by atoms with Crippen molar-refractivity contribution < 1.29 is 14.4 Å². The molecule has 2 saturated heterocycles. The third-order valence-corrected chi connectivity index (χ3v) is 3.46. The highest BCUT2D eigenvalue weighted by Gasteiger charge is 2.42. The first-order valence-corrected chi connectivity index (χ1v) is 6.50. The number of piperidine rings is 2. The van der Waals surface area contributed by atoms with Gasteiger partial charge >= 0.3 is 6.09 Å². The maximum Gasteiger partial charge on any atom is 0.410 e. The van der Waals surface area contributed by atoms with Crippen LogP contribution in [0.5, 0.6) is 0 Å². The summed E-state index contributed by atoms with van der Waals surface area (Å²) in [5.74, 6) is 0.336. The van der Waals surface area contributed by atoms with E-state index in [-0.39, 0.29) is 12.1 Å². The maximum absolute atomic E-state index is 12.1. The van der Waals surface area contributed by atoms with E-state index in [1.807, 2.05) is 25.7 Å². The van der Waals surface area contributed by atoms with Crippen LogP contribution in [0.2, 0.25) is 0 Å². The number of fused-ring (bicyclic) bond motifs is 3. The fraction of sp³-hybridized carbons (Fsp3) is 0.846. The van der Waals surface area contributed by atoms with E-state index in [4.69, 9.17) is 9.57 Å². The molecular formula is C13H22N2O3. The Morgan fingerprint density at radius 3 is 2.61 bits per heavy atom. The number of hydrogen-bond donors (Lipinski definition) is 0. The number of rotatable bonds is 1. The Labute approximate surface area is 108 Å². The van der Waals surface area contributed by atoms with Gasteiger partial charge in [0.1, 0.15) is 12.7 Å². The van der Waals surface area contributed by atoms with E-state index < -0.39 is 5.60 Å². The van der Waals surface area contributed by atoms with Crippen LogP contribution in [0.25, 0.3) is 0 Å². The number of hydrogen-bond acceptors (Lipinski definition) is 4. The van der Waals surface area contributed by atoms with E-state index in [2.05, 4.69) is 5.16 Å². The van der Waals surface area contributed by atoms with Crippen LogP contribution in [0.1, 0.15) is 40.0 Å². The second-order valence-corrected chi connectivity index (χ2v) is 6.03. The highest BCUT2D eigenvalue weighted by Crippen LogP contribution is 2.34. The van der Waals surface area contributed by atoms with Gasteiger partial charge in [0.15, 0.2) is 0 Å². The predicted molar refractivity (Wildman–Crippen MR) is 68.5 cm³/mol. The van der Waals surface area contributed by atoms with Gasteiger partial charge in [0.05, 0.1) is 5.71 Å². The molecule has 2 bridgehead atoms. The minimum Gasteiger partial charge on any atom is -0.444 e. The van der Waals surface area contributed by atoms with Crippen molar-refractivity contribution >= 4 is 11.8 Å². The lowest BCUT2D eigenvalue weighted by Gasteiger charge is -2.45. The quantitative estimate of drug-likeness (QED) is 0.675. The SMILES string of the molecule is CO/N=C1\C[C@H]2CC[C@@H]1CN2C(=O)OC(C)(C)C. The topological polar surface area (TPSA) is 51.1 Å². The van der Waals surface area contributed by atoms with Gasteiger partial charge in [-0.05, 0) is 33.6 Å². The summed E-state index contributed by atoms with van der Waals surface area (Å²) in [4.78, 5) is 18.8. The molecule has 5 nitrogen and oxygen atoms in total. The van der Waals surface area contributed by atoms with Gasteiger partial charge in [0, 0.05) is 24.9 Å². The molecule has 5 heteroatoms. The normalized spacial score (nSPS) is 29.6. The van der Waals surface area contributed by atoms with Gasteiger partial charge in [0.25, 0.3) is 0 Å². The number of carbonyl (C=O) groups excluding carboxylic acids is 1. The Kier molecular flexibility index (Phi) is 3.50. The molecule has 18 heavy (non-hydrogen) atoms. The van der Waals surface area contributed by atoms with Crippen LogP contribution in [0.4, 0.5) is 4.79 Å². The summed E-state index contributed by atoms with van der Waals surface area (Å²) in [5.41, 5.74) is 0.658. The molecule has 2 aliphatic heterocycles. The van der Waals surface area contributed by atoms with Gasteiger partial charge in [-0.2, -0.15) is 0 Å². The number of nitrogens with zero attached hydrogens (tertiary/aromatic N) is 2. The third-order valence-electron chi connectivity index (χ3n) is 3.46. The molecule has 0 spiro atoms. The summed E-state index contributed by atoms with van der Waals surface area (Å²) in [6.45, 7) is 6.39. The van der Waals surface area contributed by atoms with E-state index in [1.165, 1.54) is 0 Å². The Bertz CT molecular complexity index is 360. The summed E-state index contributed by atoms with van der Waals surface area (Å²) in [7, 11) is 1.57. The van der Waals surface area contributed by atoms with Gasteiger partial charge in [-0.1, -0.05) is 5.16 Å². The molecule has 2 heterocycles. The smallest absolute Gasteiger partial charge is 0.410 e. The van der Waals surface area contributed by atoms with E-state index in [0.29, 0.717) is 12.5 Å². The third kappa shape index (κ3) is 2.76. The lowest BCUT2D eigenvalue weighted by atomic mass is 9.78. The first-order valence-electron chi connectivity index (χ1n) is 6.50. The van der Waals surface area contributed by atoms with Gasteiger partial charge in [-0.15, -0.1) is 0 Å². The summed E-state index contributed by atoms with van der Waals surface area (Å²) < 4.78 is 5.44. The summed E-state index contributed by atoms with van der Waals surface area (Å²) in [5, 5.41) is 4.07. The van der Waals surface area contributed by atoms with Gasteiger partial charge in [-0.25, -0.2) is 4.79 Å². The van der Waals surface area contributed by atoms with E-state index in [1.54, 1.807) is 7.11 Å². The number of amides is 1. The molecule has 102 valence electrons. The highest BCUT2D eigenvalue weighted by atomic mass is 16.6. The lowest BCUT2D eigenvalue weighted by Crippen LogP contribution is -2.55. The zero-order valence-corrected chi connectivity index (χ0v) is 11.6. The lowest BCUT2D eigenvalue weighted by molar-refractivity contribution is 0.00276. The molecule has 1 aliphatic carbocycles. The fourth-order valence-corrected chi connectivity index (χ4v) is 2.69. The van der Waals surface area contributed by atoms with Crippen molar-refractivity contribution in [3.63, 3.8) is 0 Å². The van der Waals surface area contributed by atoms with Crippen LogP contribution in [0.15, 0.2) is 5.16 Å². The molecule has 3 aliphatic rings. The van der Waals surface area contributed by atoms with E-state index in [9.17, 15) is 4.79 Å². The first kappa shape index (κ1) is 13.2. The van der Waals surface area contributed by atoms with Gasteiger partial charge < -0.3 is 14.5 Å². The van der Waals surface area contributed by atoms with E-state index >= 15 is 0 Å². The molecule has 1 amide bonds. The minimum atomic E-state index is -0.433. The Morgan fingerprint density at radius 2 is 2.11 bits per heavy atom. The number of oxime groups is 1. The molecule has 1 saturated carbocycles. The molecular weight excluding hydrogens is 232 g/mol. The molecule has 2 atom stereocenters. The molecule has 0 unspecified atom stereocenters. The second-order valence-electron chi connectivity index (χ2n) is 6.03. The van der Waals surface area contributed by atoms with Crippen molar-refractivity contribution in [2.45, 2.75) is 51.7 Å². The summed E-state index contributed by atoms with van der Waals surface area (Å²) in [6.07, 6.45) is 2.74. The number of ether oxygens (including phenoxy) is 1. The Morgan fingerprint density at radius 1 is 1.39 bits per heavy atom. The summed E-state index contributed by atoms with van der Waals surface area (Å²) >= 11 is 0. The second kappa shape index (κ2) is 4.78. The van der Waals surface area contributed by atoms with Crippen LogP contribution >= 0.6 is 0 Å². The molecule has 0 aromatic heterocycles. The highest BCUT2D eigenvalue weighted by molar-refractivity contribution is 5.90. The van der Waals surface area contributed by atoms with Crippen LogP contribution < -0.4 is 0 Å². The molecule has 3 rings (SSSR count). The maximum atomic E-state index is 12.1. The van der Waals surface area contributed by atoms with Crippen LogP contribution in [-0.2, 0) is 9.57 Å².